The summed E-state index contributed by atoms with van der Waals surface area (Å²) in [5.41, 5.74) is 1.07. The average molecular weight is 491 g/mol. The maximum atomic E-state index is 13.3. The summed E-state index contributed by atoms with van der Waals surface area (Å²) in [4.78, 5) is 34.4. The molecular weight excluding hydrogens is 456 g/mol. The van der Waals surface area contributed by atoms with Crippen LogP contribution in [0, 0.1) is 0 Å². The lowest BCUT2D eigenvalue weighted by atomic mass is 9.87. The van der Waals surface area contributed by atoms with Crippen molar-refractivity contribution in [3.63, 3.8) is 0 Å². The summed E-state index contributed by atoms with van der Waals surface area (Å²) in [5, 5.41) is 5.29. The van der Waals surface area contributed by atoms with E-state index in [0.29, 0.717) is 52.2 Å². The van der Waals surface area contributed by atoms with Crippen LogP contribution in [0.4, 0.5) is 4.79 Å². The van der Waals surface area contributed by atoms with Crippen LogP contribution in [0.3, 0.4) is 0 Å². The van der Waals surface area contributed by atoms with Crippen molar-refractivity contribution < 1.29 is 19.1 Å². The maximum Gasteiger partial charge on any atom is 0.318 e. The van der Waals surface area contributed by atoms with Crippen molar-refractivity contribution in [2.75, 3.05) is 40.5 Å². The number of hydrogen-bond donors (Lipinski definition) is 1. The summed E-state index contributed by atoms with van der Waals surface area (Å²) in [6, 6.07) is 17.5. The molecule has 2 amide bonds. The van der Waals surface area contributed by atoms with Crippen LogP contribution in [0.1, 0.15) is 24.1 Å². The molecular formula is C28H34N4O4. The van der Waals surface area contributed by atoms with Gasteiger partial charge in [0.1, 0.15) is 17.6 Å². The smallest absolute Gasteiger partial charge is 0.318 e. The zero-order valence-electron chi connectivity index (χ0n) is 21.0. The monoisotopic (exact) mass is 490 g/mol. The second-order valence-corrected chi connectivity index (χ2v) is 9.13. The van der Waals surface area contributed by atoms with E-state index >= 15 is 0 Å². The molecule has 0 radical (unpaired) electrons. The van der Waals surface area contributed by atoms with Gasteiger partial charge in [0.15, 0.2) is 0 Å². The van der Waals surface area contributed by atoms with E-state index < -0.39 is 5.54 Å². The van der Waals surface area contributed by atoms with E-state index in [9.17, 15) is 9.59 Å². The third kappa shape index (κ3) is 5.83. The van der Waals surface area contributed by atoms with Crippen LogP contribution in [-0.4, -0.2) is 73.1 Å². The highest BCUT2D eigenvalue weighted by Gasteiger charge is 2.42. The SMILES string of the molecule is COCCN(C(=O)NCc1cccc(OC)c1)C1(C=O)CCN(Cc2nccc3ccccc23)CC1. The van der Waals surface area contributed by atoms with Crippen LogP contribution in [0.2, 0.25) is 0 Å². The number of nitrogens with one attached hydrogen (secondary N) is 1. The van der Waals surface area contributed by atoms with E-state index in [2.05, 4.69) is 27.3 Å². The Bertz CT molecular complexity index is 1170. The number of aromatic nitrogens is 1. The van der Waals surface area contributed by atoms with Gasteiger partial charge in [-0.2, -0.15) is 0 Å². The topological polar surface area (TPSA) is 84.0 Å². The maximum absolute atomic E-state index is 13.3. The Balaban J connectivity index is 1.43. The number of aldehydes is 1. The highest BCUT2D eigenvalue weighted by molar-refractivity contribution is 5.84. The number of nitrogens with zero attached hydrogens (tertiary/aromatic N) is 3. The molecule has 0 saturated carbocycles. The number of likely N-dealkylation sites (tertiary alicyclic amines) is 1. The minimum Gasteiger partial charge on any atom is -0.497 e. The normalized spacial score (nSPS) is 15.4. The van der Waals surface area contributed by atoms with E-state index in [1.165, 1.54) is 5.39 Å². The van der Waals surface area contributed by atoms with Crippen molar-refractivity contribution in [2.45, 2.75) is 31.5 Å². The molecule has 0 aliphatic carbocycles. The fourth-order valence-corrected chi connectivity index (χ4v) is 4.83. The number of rotatable bonds is 10. The molecule has 2 heterocycles. The van der Waals surface area contributed by atoms with E-state index in [1.807, 2.05) is 48.7 Å². The van der Waals surface area contributed by atoms with Gasteiger partial charge in [-0.25, -0.2) is 4.79 Å². The number of pyridine rings is 1. The molecule has 4 rings (SSSR count). The molecule has 36 heavy (non-hydrogen) atoms. The van der Waals surface area contributed by atoms with Gasteiger partial charge >= 0.3 is 6.03 Å². The predicted molar refractivity (Wildman–Crippen MR) is 139 cm³/mol. The number of carbonyl (C=O) groups is 2. The van der Waals surface area contributed by atoms with Crippen molar-refractivity contribution in [3.8, 4) is 5.75 Å². The molecule has 0 atom stereocenters. The van der Waals surface area contributed by atoms with Crippen LogP contribution >= 0.6 is 0 Å². The largest absolute Gasteiger partial charge is 0.497 e. The third-order valence-electron chi connectivity index (χ3n) is 6.95. The van der Waals surface area contributed by atoms with Crippen molar-refractivity contribution >= 4 is 23.1 Å². The van der Waals surface area contributed by atoms with E-state index in [-0.39, 0.29) is 6.03 Å². The van der Waals surface area contributed by atoms with Gasteiger partial charge in [0.2, 0.25) is 0 Å². The Morgan fingerprint density at radius 3 is 2.69 bits per heavy atom. The highest BCUT2D eigenvalue weighted by Crippen LogP contribution is 2.29. The molecule has 0 bridgehead atoms. The van der Waals surface area contributed by atoms with Crippen molar-refractivity contribution in [3.05, 3.63) is 72.1 Å². The van der Waals surface area contributed by atoms with Crippen LogP contribution in [0.5, 0.6) is 5.75 Å². The first-order valence-corrected chi connectivity index (χ1v) is 12.3. The summed E-state index contributed by atoms with van der Waals surface area (Å²) < 4.78 is 10.5. The van der Waals surface area contributed by atoms with Gasteiger partial charge in [0, 0.05) is 51.4 Å². The number of hydrogen-bond acceptors (Lipinski definition) is 6. The number of ether oxygens (including phenoxy) is 2. The number of urea groups is 1. The van der Waals surface area contributed by atoms with Crippen molar-refractivity contribution in [2.24, 2.45) is 0 Å². The summed E-state index contributed by atoms with van der Waals surface area (Å²) in [6.45, 7) is 3.12. The second kappa shape index (κ2) is 12.0. The Kier molecular flexibility index (Phi) is 8.51. The molecule has 2 aromatic carbocycles. The molecule has 1 aliphatic rings. The first-order valence-electron chi connectivity index (χ1n) is 12.3. The minimum absolute atomic E-state index is 0.272. The first kappa shape index (κ1) is 25.6. The molecule has 8 heteroatoms. The molecule has 1 aromatic heterocycles. The molecule has 1 N–H and O–H groups in total. The number of piperidine rings is 1. The number of amides is 2. The molecule has 1 saturated heterocycles. The number of benzene rings is 2. The fraction of sp³-hybridized carbons (Fsp3) is 0.393. The standard InChI is InChI=1S/C28H34N4O4/c1-35-17-16-32(27(34)30-19-22-6-5-8-24(18-22)36-2)28(21-33)11-14-31(15-12-28)20-26-25-9-4-3-7-23(25)10-13-29-26/h3-10,13,18,21H,11-12,14-17,19-20H2,1-2H3,(H,30,34). The second-order valence-electron chi connectivity index (χ2n) is 9.13. The van der Waals surface area contributed by atoms with Crippen molar-refractivity contribution in [1.29, 1.82) is 0 Å². The summed E-state index contributed by atoms with van der Waals surface area (Å²) in [6.07, 6.45) is 3.90. The number of methoxy groups -OCH3 is 2. The zero-order chi connectivity index (χ0) is 25.4. The van der Waals surface area contributed by atoms with Crippen LogP contribution in [0.25, 0.3) is 10.8 Å². The van der Waals surface area contributed by atoms with Gasteiger partial charge < -0.3 is 24.5 Å². The van der Waals surface area contributed by atoms with Gasteiger partial charge in [0.25, 0.3) is 0 Å². The van der Waals surface area contributed by atoms with Gasteiger partial charge in [-0.3, -0.25) is 9.88 Å². The van der Waals surface area contributed by atoms with Crippen molar-refractivity contribution in [1.82, 2.24) is 20.1 Å². The lowest BCUT2D eigenvalue weighted by molar-refractivity contribution is -0.120. The van der Waals surface area contributed by atoms with Crippen LogP contribution in [-0.2, 0) is 22.6 Å². The van der Waals surface area contributed by atoms with E-state index in [0.717, 1.165) is 28.7 Å². The van der Waals surface area contributed by atoms with Gasteiger partial charge in [-0.05, 0) is 42.0 Å². The van der Waals surface area contributed by atoms with Crippen LogP contribution in [0.15, 0.2) is 60.8 Å². The third-order valence-corrected chi connectivity index (χ3v) is 6.95. The first-order chi connectivity index (χ1) is 17.6. The number of carbonyl (C=O) groups excluding carboxylic acids is 2. The summed E-state index contributed by atoms with van der Waals surface area (Å²) >= 11 is 0. The quantitative estimate of drug-likeness (QED) is 0.437. The lowest BCUT2D eigenvalue weighted by Crippen LogP contribution is -2.61. The van der Waals surface area contributed by atoms with Gasteiger partial charge in [-0.15, -0.1) is 0 Å². The molecule has 0 unspecified atom stereocenters. The Labute approximate surface area is 212 Å². The number of fused-ring (bicyclic) bond motifs is 1. The minimum atomic E-state index is -0.875. The van der Waals surface area contributed by atoms with Gasteiger partial charge in [-0.1, -0.05) is 36.4 Å². The predicted octanol–water partition coefficient (Wildman–Crippen LogP) is 3.64. The zero-order valence-corrected chi connectivity index (χ0v) is 21.0. The van der Waals surface area contributed by atoms with Crippen LogP contribution < -0.4 is 10.1 Å². The average Bonchev–Trinajstić information content (AvgIpc) is 2.93. The molecule has 8 nitrogen and oxygen atoms in total. The van der Waals surface area contributed by atoms with E-state index in [1.54, 1.807) is 19.1 Å². The Morgan fingerprint density at radius 2 is 1.94 bits per heavy atom. The lowest BCUT2D eigenvalue weighted by Gasteiger charge is -2.45. The molecule has 3 aromatic rings. The molecule has 190 valence electrons. The summed E-state index contributed by atoms with van der Waals surface area (Å²) in [7, 11) is 3.21. The van der Waals surface area contributed by atoms with Gasteiger partial charge in [0.05, 0.1) is 19.4 Å². The highest BCUT2D eigenvalue weighted by atomic mass is 16.5. The Hall–Kier alpha value is -3.49. The molecule has 0 spiro atoms. The summed E-state index contributed by atoms with van der Waals surface area (Å²) in [5.74, 6) is 0.732. The Morgan fingerprint density at radius 1 is 1.14 bits per heavy atom. The fourth-order valence-electron chi connectivity index (χ4n) is 4.83. The van der Waals surface area contributed by atoms with E-state index in [4.69, 9.17) is 9.47 Å². The molecule has 1 fully saturated rings. The molecule has 1 aliphatic heterocycles.